The predicted octanol–water partition coefficient (Wildman–Crippen LogP) is 7.52. The molecule has 0 saturated carbocycles. The Morgan fingerprint density at radius 2 is 0.850 bits per heavy atom. The van der Waals surface area contributed by atoms with Crippen LogP contribution in [0.3, 0.4) is 0 Å². The molecule has 80 heavy (non-hydrogen) atoms. The second kappa shape index (κ2) is 27.1. The summed E-state index contributed by atoms with van der Waals surface area (Å²) in [6.07, 6.45) is 11.5. The van der Waals surface area contributed by atoms with E-state index in [1.54, 1.807) is 101 Å². The van der Waals surface area contributed by atoms with Gasteiger partial charge in [-0.05, 0) is 113 Å². The van der Waals surface area contributed by atoms with Crippen LogP contribution in [0, 0.1) is 41.5 Å². The average Bonchev–Trinajstić information content (AvgIpc) is 4.17. The fraction of sp³-hybridized carbons (Fsp3) is 0.393. The van der Waals surface area contributed by atoms with E-state index in [0.717, 1.165) is 33.4 Å². The molecule has 6 aromatic heterocycles. The third kappa shape index (κ3) is 14.3. The van der Waals surface area contributed by atoms with E-state index in [0.29, 0.717) is 58.9 Å². The fourth-order valence-corrected chi connectivity index (χ4v) is 11.4. The van der Waals surface area contributed by atoms with Crippen molar-refractivity contribution in [1.82, 2.24) is 59.4 Å². The average molecular weight is 1130 g/mol. The summed E-state index contributed by atoms with van der Waals surface area (Å²) in [7, 11) is -1.51. The molecule has 24 heteroatoms. The number of rotatable bonds is 24. The lowest BCUT2D eigenvalue weighted by Gasteiger charge is -2.23. The van der Waals surface area contributed by atoms with Gasteiger partial charge >= 0.3 is 0 Å². The number of nitrogens with zero attached hydrogens (tertiary/aromatic N) is 12. The topological polar surface area (TPSA) is 262 Å². The molecule has 0 aliphatic rings. The van der Waals surface area contributed by atoms with E-state index >= 15 is 0 Å². The van der Waals surface area contributed by atoms with Crippen molar-refractivity contribution < 1.29 is 45.3 Å². The van der Waals surface area contributed by atoms with Crippen LogP contribution in [0.15, 0.2) is 98.1 Å². The molecular weight excluding hydrogens is 1060 g/mol. The lowest BCUT2D eigenvalue weighted by atomic mass is 10.1. The summed E-state index contributed by atoms with van der Waals surface area (Å²) in [6, 6.07) is 15.1. The zero-order chi connectivity index (χ0) is 57.7. The highest BCUT2D eigenvalue weighted by molar-refractivity contribution is 7.91. The Hall–Kier alpha value is -7.48. The zero-order valence-electron chi connectivity index (χ0n) is 47.1. The van der Waals surface area contributed by atoms with E-state index in [1.807, 2.05) is 90.1 Å². The van der Waals surface area contributed by atoms with E-state index < -0.39 is 53.9 Å². The minimum atomic E-state index is -3.87. The van der Waals surface area contributed by atoms with E-state index in [4.69, 9.17) is 28.4 Å². The van der Waals surface area contributed by atoms with Gasteiger partial charge in [-0.3, -0.25) is 19.1 Å². The molecule has 0 unspecified atom stereocenters. The summed E-state index contributed by atoms with van der Waals surface area (Å²) in [5, 5.41) is 15.6. The fourth-order valence-electron chi connectivity index (χ4n) is 8.64. The maximum atomic E-state index is 13.9. The van der Waals surface area contributed by atoms with Crippen molar-refractivity contribution >= 4 is 19.7 Å². The molecule has 0 N–H and O–H groups in total. The van der Waals surface area contributed by atoms with Gasteiger partial charge in [0.2, 0.25) is 0 Å². The third-order valence-electron chi connectivity index (χ3n) is 12.9. The zero-order valence-corrected chi connectivity index (χ0v) is 48.7. The van der Waals surface area contributed by atoms with Gasteiger partial charge in [0.15, 0.2) is 54.6 Å². The van der Waals surface area contributed by atoms with Crippen molar-refractivity contribution in [3.8, 4) is 45.6 Å². The molecule has 2 aromatic carbocycles. The Morgan fingerprint density at radius 1 is 0.475 bits per heavy atom. The SMILES string of the molecule is COCCO[C@@H](c1ncc(C)cn1)[C@@H](C)S(=O)(=O)Cc1nnc(-c2cncc(C)c2)n1-c1c(C)cccc1OC.COCCO[C@H](c1ncc(C)cn1)[C@H](C)S(=O)(=O)Cc1nnc(-c2cncc(C)c2)n1-c1c(C)cccc1OC. The van der Waals surface area contributed by atoms with Crippen molar-refractivity contribution in [1.29, 1.82) is 0 Å². The molecule has 0 amide bonds. The summed E-state index contributed by atoms with van der Waals surface area (Å²) in [5.74, 6) is 2.24. The van der Waals surface area contributed by atoms with Crippen LogP contribution in [0.4, 0.5) is 0 Å². The van der Waals surface area contributed by atoms with Crippen LogP contribution in [-0.4, -0.2) is 142 Å². The van der Waals surface area contributed by atoms with Crippen molar-refractivity contribution in [2.75, 3.05) is 54.9 Å². The van der Waals surface area contributed by atoms with Crippen LogP contribution in [0.1, 0.15) is 82.7 Å². The molecule has 22 nitrogen and oxygen atoms in total. The van der Waals surface area contributed by atoms with Gasteiger partial charge in [0.1, 0.15) is 35.2 Å². The van der Waals surface area contributed by atoms with E-state index in [-0.39, 0.29) is 36.5 Å². The molecule has 0 radical (unpaired) electrons. The highest BCUT2D eigenvalue weighted by atomic mass is 32.2. The molecule has 0 aliphatic heterocycles. The number of benzene rings is 2. The van der Waals surface area contributed by atoms with Crippen molar-refractivity contribution in [3.05, 3.63) is 155 Å². The normalized spacial score (nSPS) is 13.2. The molecule has 0 saturated heterocycles. The molecule has 424 valence electrons. The molecule has 0 aliphatic carbocycles. The highest BCUT2D eigenvalue weighted by Crippen LogP contribution is 2.36. The van der Waals surface area contributed by atoms with Gasteiger partial charge in [-0.2, -0.15) is 0 Å². The lowest BCUT2D eigenvalue weighted by molar-refractivity contribution is 0.0118. The number of hydrogen-bond acceptors (Lipinski definition) is 20. The Balaban J connectivity index is 0.000000231. The van der Waals surface area contributed by atoms with Gasteiger partial charge in [0.05, 0.1) is 62.5 Å². The van der Waals surface area contributed by atoms with Crippen molar-refractivity contribution in [2.45, 2.75) is 89.6 Å². The second-order valence-corrected chi connectivity index (χ2v) is 23.9. The van der Waals surface area contributed by atoms with Crippen LogP contribution in [0.5, 0.6) is 11.5 Å². The van der Waals surface area contributed by atoms with Gasteiger partial charge in [0, 0.05) is 74.9 Å². The standard InChI is InChI=1S/2C28H34N6O5S/c2*1-18-12-22(16-29-13-18)28-33-32-24(34(28)25-20(3)8-7-9-23(25)38-6)17-40(35,36)21(4)26(39-11-10-37-5)27-30-14-19(2)15-31-27/h2*7-9,12-16,21,26H,10-11,17H2,1-6H3/t2*21-,26-/m10/s1. The molecule has 0 bridgehead atoms. The molecule has 4 atom stereocenters. The summed E-state index contributed by atoms with van der Waals surface area (Å²) in [6.45, 7) is 15.6. The van der Waals surface area contributed by atoms with Gasteiger partial charge in [0.25, 0.3) is 0 Å². The second-order valence-electron chi connectivity index (χ2n) is 19.1. The largest absolute Gasteiger partial charge is 0.495 e. The lowest BCUT2D eigenvalue weighted by Crippen LogP contribution is -2.31. The first-order valence-corrected chi connectivity index (χ1v) is 29.0. The van der Waals surface area contributed by atoms with Crippen LogP contribution >= 0.6 is 0 Å². The minimum Gasteiger partial charge on any atom is -0.495 e. The van der Waals surface area contributed by atoms with E-state index in [1.165, 1.54) is 0 Å². The van der Waals surface area contributed by atoms with E-state index in [2.05, 4.69) is 50.3 Å². The quantitative estimate of drug-likeness (QED) is 0.0529. The van der Waals surface area contributed by atoms with Crippen molar-refractivity contribution in [2.24, 2.45) is 0 Å². The van der Waals surface area contributed by atoms with Gasteiger partial charge in [-0.25, -0.2) is 36.8 Å². The summed E-state index contributed by atoms with van der Waals surface area (Å²) >= 11 is 0. The molecular formula is C56H68N12O10S2. The monoisotopic (exact) mass is 1130 g/mol. The number of aromatic nitrogens is 12. The summed E-state index contributed by atoms with van der Waals surface area (Å²) in [4.78, 5) is 26.0. The minimum absolute atomic E-state index is 0.180. The number of ether oxygens (including phenoxy) is 6. The number of sulfone groups is 2. The summed E-state index contributed by atoms with van der Waals surface area (Å²) in [5.41, 5.74) is 8.00. The number of pyridine rings is 2. The molecule has 8 aromatic rings. The summed E-state index contributed by atoms with van der Waals surface area (Å²) < 4.78 is 92.7. The Bertz CT molecular complexity index is 3350. The Labute approximate surface area is 467 Å². The van der Waals surface area contributed by atoms with Crippen LogP contribution in [-0.2, 0) is 50.1 Å². The number of hydrogen-bond donors (Lipinski definition) is 0. The predicted molar refractivity (Wildman–Crippen MR) is 300 cm³/mol. The number of para-hydroxylation sites is 2. The molecule has 0 spiro atoms. The Morgan fingerprint density at radius 3 is 1.19 bits per heavy atom. The smallest absolute Gasteiger partial charge is 0.170 e. The first-order valence-electron chi connectivity index (χ1n) is 25.5. The third-order valence-corrected chi connectivity index (χ3v) is 17.0. The van der Waals surface area contributed by atoms with Crippen LogP contribution in [0.25, 0.3) is 34.2 Å². The van der Waals surface area contributed by atoms with Crippen LogP contribution < -0.4 is 9.47 Å². The van der Waals surface area contributed by atoms with Gasteiger partial charge in [-0.1, -0.05) is 24.3 Å². The van der Waals surface area contributed by atoms with Crippen LogP contribution in [0.2, 0.25) is 0 Å². The first-order chi connectivity index (χ1) is 38.3. The molecule has 8 rings (SSSR count). The molecule has 0 fully saturated rings. The maximum absolute atomic E-state index is 13.9. The molecule has 6 heterocycles. The highest BCUT2D eigenvalue weighted by Gasteiger charge is 2.37. The first kappa shape index (κ1) is 60.2. The maximum Gasteiger partial charge on any atom is 0.170 e. The van der Waals surface area contributed by atoms with Crippen molar-refractivity contribution in [3.63, 3.8) is 0 Å². The number of methoxy groups -OCH3 is 4. The Kier molecular flexibility index (Phi) is 20.4. The number of aryl methyl sites for hydroxylation is 6. The van der Waals surface area contributed by atoms with E-state index in [9.17, 15) is 16.8 Å². The van der Waals surface area contributed by atoms with Gasteiger partial charge in [-0.15, -0.1) is 20.4 Å². The van der Waals surface area contributed by atoms with Gasteiger partial charge < -0.3 is 28.4 Å².